The highest BCUT2D eigenvalue weighted by atomic mass is 79.9. The smallest absolute Gasteiger partial charge is 0.328 e. The zero-order valence-corrected chi connectivity index (χ0v) is 9.62. The van der Waals surface area contributed by atoms with Crippen molar-refractivity contribution >= 4 is 15.9 Å². The largest absolute Gasteiger partial charge is 0.381 e. The Morgan fingerprint density at radius 2 is 2.40 bits per heavy atom. The summed E-state index contributed by atoms with van der Waals surface area (Å²) in [7, 11) is 0. The van der Waals surface area contributed by atoms with Crippen molar-refractivity contribution in [2.24, 2.45) is 5.92 Å². The van der Waals surface area contributed by atoms with E-state index in [1.807, 2.05) is 0 Å². The van der Waals surface area contributed by atoms with E-state index in [9.17, 15) is 9.59 Å². The molecule has 1 aromatic rings. The highest BCUT2D eigenvalue weighted by Crippen LogP contribution is 2.13. The van der Waals surface area contributed by atoms with Gasteiger partial charge >= 0.3 is 5.69 Å². The molecule has 1 atom stereocenters. The van der Waals surface area contributed by atoms with Crippen LogP contribution in [-0.4, -0.2) is 22.8 Å². The molecule has 0 aliphatic carbocycles. The second-order valence-corrected chi connectivity index (χ2v) is 4.47. The van der Waals surface area contributed by atoms with Gasteiger partial charge in [0.2, 0.25) is 0 Å². The molecule has 0 saturated carbocycles. The number of aromatic amines is 1. The lowest BCUT2D eigenvalue weighted by atomic mass is 10.1. The number of hydrogen-bond donors (Lipinski definition) is 1. The van der Waals surface area contributed by atoms with E-state index in [0.29, 0.717) is 23.5 Å². The zero-order valence-electron chi connectivity index (χ0n) is 8.03. The molecule has 5 nitrogen and oxygen atoms in total. The van der Waals surface area contributed by atoms with E-state index in [1.165, 1.54) is 10.8 Å². The molecule has 0 spiro atoms. The summed E-state index contributed by atoms with van der Waals surface area (Å²) in [6.07, 6.45) is 2.49. The van der Waals surface area contributed by atoms with Crippen LogP contribution < -0.4 is 11.2 Å². The Morgan fingerprint density at radius 3 is 3.07 bits per heavy atom. The van der Waals surface area contributed by atoms with Crippen LogP contribution in [0.4, 0.5) is 0 Å². The van der Waals surface area contributed by atoms with Crippen molar-refractivity contribution in [1.29, 1.82) is 0 Å². The van der Waals surface area contributed by atoms with Gasteiger partial charge < -0.3 is 4.74 Å². The van der Waals surface area contributed by atoms with Crippen LogP contribution in [0.5, 0.6) is 0 Å². The van der Waals surface area contributed by atoms with Crippen LogP contribution in [0.1, 0.15) is 6.42 Å². The van der Waals surface area contributed by atoms with Crippen LogP contribution in [0.25, 0.3) is 0 Å². The molecule has 1 aromatic heterocycles. The second kappa shape index (κ2) is 4.32. The van der Waals surface area contributed by atoms with E-state index >= 15 is 0 Å². The summed E-state index contributed by atoms with van der Waals surface area (Å²) in [5.41, 5.74) is -0.756. The number of nitrogens with one attached hydrogen (secondary N) is 1. The maximum Gasteiger partial charge on any atom is 0.328 e. The summed E-state index contributed by atoms with van der Waals surface area (Å²) < 4.78 is 7.10. The Kier molecular flexibility index (Phi) is 3.06. The molecule has 1 aliphatic rings. The third kappa shape index (κ3) is 2.38. The van der Waals surface area contributed by atoms with Gasteiger partial charge in [0.1, 0.15) is 0 Å². The third-order valence-corrected chi connectivity index (χ3v) is 3.01. The average Bonchev–Trinajstić information content (AvgIpc) is 2.67. The van der Waals surface area contributed by atoms with E-state index in [2.05, 4.69) is 20.9 Å². The predicted octanol–water partition coefficient (Wildman–Crippen LogP) is 0.336. The summed E-state index contributed by atoms with van der Waals surface area (Å²) in [5.74, 6) is 0.362. The first-order chi connectivity index (χ1) is 7.16. The van der Waals surface area contributed by atoms with Gasteiger partial charge in [0, 0.05) is 25.3 Å². The Labute approximate surface area is 94.2 Å². The fourth-order valence-corrected chi connectivity index (χ4v) is 1.97. The van der Waals surface area contributed by atoms with E-state index in [4.69, 9.17) is 4.74 Å². The van der Waals surface area contributed by atoms with E-state index in [0.717, 1.165) is 13.0 Å². The number of H-pyrrole nitrogens is 1. The van der Waals surface area contributed by atoms with Crippen LogP contribution in [0.3, 0.4) is 0 Å². The monoisotopic (exact) mass is 274 g/mol. The topological polar surface area (TPSA) is 64.1 Å². The van der Waals surface area contributed by atoms with Gasteiger partial charge in [-0.15, -0.1) is 0 Å². The molecule has 0 radical (unpaired) electrons. The summed E-state index contributed by atoms with van der Waals surface area (Å²) in [6.45, 7) is 2.03. The van der Waals surface area contributed by atoms with Crippen LogP contribution in [0.2, 0.25) is 0 Å². The van der Waals surface area contributed by atoms with Crippen molar-refractivity contribution in [1.82, 2.24) is 9.55 Å². The summed E-state index contributed by atoms with van der Waals surface area (Å²) in [6, 6.07) is 0. The molecule has 6 heteroatoms. The normalized spacial score (nSPS) is 20.7. The minimum Gasteiger partial charge on any atom is -0.381 e. The SMILES string of the molecule is O=c1[nH]c(=O)n(CC2CCOC2)cc1Br. The Hall–Kier alpha value is -0.880. The summed E-state index contributed by atoms with van der Waals surface area (Å²) in [4.78, 5) is 24.8. The summed E-state index contributed by atoms with van der Waals surface area (Å²) in [5, 5.41) is 0. The van der Waals surface area contributed by atoms with Crippen molar-refractivity contribution in [3.05, 3.63) is 31.5 Å². The maximum atomic E-state index is 11.4. The highest BCUT2D eigenvalue weighted by molar-refractivity contribution is 9.10. The lowest BCUT2D eigenvalue weighted by Gasteiger charge is -2.09. The number of ether oxygens (including phenoxy) is 1. The molecule has 2 rings (SSSR count). The maximum absolute atomic E-state index is 11.4. The zero-order chi connectivity index (χ0) is 10.8. The first kappa shape index (κ1) is 10.6. The number of halogens is 1. The molecule has 0 aromatic carbocycles. The molecule has 1 saturated heterocycles. The van der Waals surface area contributed by atoms with Gasteiger partial charge in [0.15, 0.2) is 0 Å². The van der Waals surface area contributed by atoms with Gasteiger partial charge in [-0.05, 0) is 22.4 Å². The number of aromatic nitrogens is 2. The standard InChI is InChI=1S/C9H11BrN2O3/c10-7-4-12(9(14)11-8(7)13)3-6-1-2-15-5-6/h4,6H,1-3,5H2,(H,11,13,14). The lowest BCUT2D eigenvalue weighted by Crippen LogP contribution is -2.31. The predicted molar refractivity (Wildman–Crippen MR) is 57.9 cm³/mol. The minimum atomic E-state index is -0.390. The molecule has 15 heavy (non-hydrogen) atoms. The molecular weight excluding hydrogens is 264 g/mol. The summed E-state index contributed by atoms with van der Waals surface area (Å²) >= 11 is 3.09. The molecular formula is C9H11BrN2O3. The molecule has 0 bridgehead atoms. The Morgan fingerprint density at radius 1 is 1.60 bits per heavy atom. The first-order valence-corrected chi connectivity index (χ1v) is 5.53. The van der Waals surface area contributed by atoms with Crippen molar-refractivity contribution in [3.63, 3.8) is 0 Å². The number of rotatable bonds is 2. The third-order valence-electron chi connectivity index (χ3n) is 2.45. The molecule has 0 amide bonds. The Balaban J connectivity index is 2.24. The van der Waals surface area contributed by atoms with Gasteiger partial charge in [-0.25, -0.2) is 4.79 Å². The quantitative estimate of drug-likeness (QED) is 0.846. The fraction of sp³-hybridized carbons (Fsp3) is 0.556. The van der Waals surface area contributed by atoms with Gasteiger partial charge in [0.25, 0.3) is 5.56 Å². The van der Waals surface area contributed by atoms with Crippen molar-refractivity contribution < 1.29 is 4.74 Å². The number of nitrogens with zero attached hydrogens (tertiary/aromatic N) is 1. The molecule has 1 N–H and O–H groups in total. The molecule has 2 heterocycles. The van der Waals surface area contributed by atoms with Crippen LogP contribution in [0.15, 0.2) is 20.3 Å². The highest BCUT2D eigenvalue weighted by Gasteiger charge is 2.16. The van der Waals surface area contributed by atoms with Crippen LogP contribution in [0, 0.1) is 5.92 Å². The lowest BCUT2D eigenvalue weighted by molar-refractivity contribution is 0.182. The van der Waals surface area contributed by atoms with Gasteiger partial charge in [-0.1, -0.05) is 0 Å². The van der Waals surface area contributed by atoms with Crippen LogP contribution >= 0.6 is 15.9 Å². The van der Waals surface area contributed by atoms with E-state index in [1.54, 1.807) is 0 Å². The average molecular weight is 275 g/mol. The van der Waals surface area contributed by atoms with Gasteiger partial charge in [0.05, 0.1) is 11.1 Å². The van der Waals surface area contributed by atoms with Crippen molar-refractivity contribution in [2.75, 3.05) is 13.2 Å². The Bertz CT molecular complexity index is 459. The van der Waals surface area contributed by atoms with Gasteiger partial charge in [-0.2, -0.15) is 0 Å². The van der Waals surface area contributed by atoms with Crippen molar-refractivity contribution in [2.45, 2.75) is 13.0 Å². The van der Waals surface area contributed by atoms with E-state index in [-0.39, 0.29) is 11.2 Å². The second-order valence-electron chi connectivity index (χ2n) is 3.62. The fourth-order valence-electron chi connectivity index (χ4n) is 1.62. The molecule has 1 fully saturated rings. The van der Waals surface area contributed by atoms with Crippen LogP contribution in [-0.2, 0) is 11.3 Å². The molecule has 1 aliphatic heterocycles. The first-order valence-electron chi connectivity index (χ1n) is 4.74. The molecule has 1 unspecified atom stereocenters. The molecule has 82 valence electrons. The van der Waals surface area contributed by atoms with Gasteiger partial charge in [-0.3, -0.25) is 14.3 Å². The number of hydrogen-bond acceptors (Lipinski definition) is 3. The minimum absolute atomic E-state index is 0.362. The van der Waals surface area contributed by atoms with Crippen molar-refractivity contribution in [3.8, 4) is 0 Å². The van der Waals surface area contributed by atoms with E-state index < -0.39 is 0 Å².